The molecule has 1 aliphatic rings. The van der Waals surface area contributed by atoms with Crippen LogP contribution in [0.2, 0.25) is 0 Å². The fourth-order valence-electron chi connectivity index (χ4n) is 3.21. The first-order valence-corrected chi connectivity index (χ1v) is 12.2. The van der Waals surface area contributed by atoms with Crippen LogP contribution in [0.25, 0.3) is 0 Å². The number of nitrogens with zero attached hydrogens (tertiary/aromatic N) is 3. The summed E-state index contributed by atoms with van der Waals surface area (Å²) in [4.78, 5) is 6.88. The van der Waals surface area contributed by atoms with Crippen LogP contribution in [-0.2, 0) is 21.2 Å². The number of methoxy groups -OCH3 is 1. The normalized spacial score (nSPS) is 16.2. The number of aliphatic imine (C=N–C) groups is 1. The van der Waals surface area contributed by atoms with Crippen molar-refractivity contribution < 1.29 is 17.9 Å². The van der Waals surface area contributed by atoms with E-state index in [2.05, 4.69) is 10.2 Å². The molecule has 1 N–H and O–H groups in total. The summed E-state index contributed by atoms with van der Waals surface area (Å²) in [5, 5.41) is 3.33. The molecule has 30 heavy (non-hydrogen) atoms. The van der Waals surface area contributed by atoms with Crippen molar-refractivity contribution in [3.63, 3.8) is 0 Å². The molecule has 0 amide bonds. The van der Waals surface area contributed by atoms with Crippen molar-refractivity contribution in [2.24, 2.45) is 4.99 Å². The lowest BCUT2D eigenvalue weighted by atomic mass is 10.1. The van der Waals surface area contributed by atoms with Crippen LogP contribution >= 0.6 is 0 Å². The Morgan fingerprint density at radius 3 is 2.40 bits per heavy atom. The van der Waals surface area contributed by atoms with Gasteiger partial charge in [-0.3, -0.25) is 4.99 Å². The van der Waals surface area contributed by atoms with E-state index in [0.29, 0.717) is 32.7 Å². The fraction of sp³-hybridized carbons (Fsp3) is 0.667. The van der Waals surface area contributed by atoms with Gasteiger partial charge in [0.1, 0.15) is 5.75 Å². The van der Waals surface area contributed by atoms with Gasteiger partial charge in [0.15, 0.2) is 5.96 Å². The smallest absolute Gasteiger partial charge is 0.216 e. The Kier molecular flexibility index (Phi) is 9.87. The second kappa shape index (κ2) is 12.1. The number of ether oxygens (including phenoxy) is 2. The van der Waals surface area contributed by atoms with Crippen molar-refractivity contribution in [1.29, 1.82) is 0 Å². The summed E-state index contributed by atoms with van der Waals surface area (Å²) in [7, 11) is -1.63. The Morgan fingerprint density at radius 2 is 1.83 bits per heavy atom. The van der Waals surface area contributed by atoms with Gasteiger partial charge >= 0.3 is 0 Å². The minimum atomic E-state index is -3.29. The minimum absolute atomic E-state index is 0.0290. The lowest BCUT2D eigenvalue weighted by Crippen LogP contribution is -2.54. The molecule has 2 rings (SSSR count). The van der Waals surface area contributed by atoms with E-state index in [1.165, 1.54) is 5.56 Å². The van der Waals surface area contributed by atoms with Gasteiger partial charge < -0.3 is 19.7 Å². The van der Waals surface area contributed by atoms with Crippen LogP contribution in [0.15, 0.2) is 29.3 Å². The molecule has 1 aromatic rings. The van der Waals surface area contributed by atoms with Crippen LogP contribution in [0.4, 0.5) is 0 Å². The maximum absolute atomic E-state index is 12.5. The third-order valence-corrected chi connectivity index (χ3v) is 6.71. The molecule has 1 heterocycles. The average molecular weight is 441 g/mol. The summed E-state index contributed by atoms with van der Waals surface area (Å²) in [6, 6.07) is 8.01. The molecule has 0 atom stereocenters. The number of benzene rings is 1. The molecule has 1 fully saturated rings. The molecule has 1 saturated heterocycles. The van der Waals surface area contributed by atoms with E-state index in [4.69, 9.17) is 14.5 Å². The number of sulfonamides is 1. The van der Waals surface area contributed by atoms with E-state index in [0.717, 1.165) is 24.7 Å². The van der Waals surface area contributed by atoms with Crippen molar-refractivity contribution in [2.45, 2.75) is 33.3 Å². The largest absolute Gasteiger partial charge is 0.497 e. The molecule has 1 aliphatic heterocycles. The van der Waals surface area contributed by atoms with Crippen LogP contribution < -0.4 is 10.1 Å². The zero-order valence-corrected chi connectivity index (χ0v) is 19.5. The minimum Gasteiger partial charge on any atom is -0.497 e. The molecule has 170 valence electrons. The second-order valence-corrected chi connectivity index (χ2v) is 9.54. The van der Waals surface area contributed by atoms with Crippen LogP contribution in [0.3, 0.4) is 0 Å². The Bertz CT molecular complexity index is 758. The van der Waals surface area contributed by atoms with Gasteiger partial charge in [-0.15, -0.1) is 0 Å². The standard InChI is InChI=1S/C21H36N4O4S/c1-5-22-21(23-11-10-19-6-8-20(28-4)9-7-19)24-12-14-25(15-13-24)30(26,27)17-16-29-18(2)3/h6-9,18H,5,10-17H2,1-4H3,(H,22,23). The first kappa shape index (κ1) is 24.4. The van der Waals surface area contributed by atoms with Crippen LogP contribution in [0.5, 0.6) is 5.75 Å². The van der Waals surface area contributed by atoms with Gasteiger partial charge in [-0.25, -0.2) is 8.42 Å². The Morgan fingerprint density at radius 1 is 1.17 bits per heavy atom. The van der Waals surface area contributed by atoms with Gasteiger partial charge in [-0.2, -0.15) is 4.31 Å². The maximum Gasteiger partial charge on any atom is 0.216 e. The van der Waals surface area contributed by atoms with E-state index < -0.39 is 10.0 Å². The van der Waals surface area contributed by atoms with Crippen molar-refractivity contribution in [3.8, 4) is 5.75 Å². The average Bonchev–Trinajstić information content (AvgIpc) is 2.73. The second-order valence-electron chi connectivity index (χ2n) is 7.46. The highest BCUT2D eigenvalue weighted by Crippen LogP contribution is 2.12. The lowest BCUT2D eigenvalue weighted by molar-refractivity contribution is 0.0904. The quantitative estimate of drug-likeness (QED) is 0.439. The third-order valence-electron chi connectivity index (χ3n) is 4.88. The SMILES string of the molecule is CCNC(=NCCc1ccc(OC)cc1)N1CCN(S(=O)(=O)CCOC(C)C)CC1. The summed E-state index contributed by atoms with van der Waals surface area (Å²) < 4.78 is 37.2. The summed E-state index contributed by atoms with van der Waals surface area (Å²) in [6.45, 7) is 9.69. The van der Waals surface area contributed by atoms with E-state index >= 15 is 0 Å². The molecule has 0 radical (unpaired) electrons. The van der Waals surface area contributed by atoms with Gasteiger partial charge in [0, 0.05) is 39.3 Å². The summed E-state index contributed by atoms with van der Waals surface area (Å²) >= 11 is 0. The third kappa shape index (κ3) is 7.77. The monoisotopic (exact) mass is 440 g/mol. The molecule has 0 spiro atoms. The first-order valence-electron chi connectivity index (χ1n) is 10.6. The molecule has 8 nitrogen and oxygen atoms in total. The molecule has 0 aromatic heterocycles. The molecule has 0 bridgehead atoms. The highest BCUT2D eigenvalue weighted by molar-refractivity contribution is 7.89. The summed E-state index contributed by atoms with van der Waals surface area (Å²) in [6.07, 6.45) is 0.872. The zero-order chi connectivity index (χ0) is 22.0. The van der Waals surface area contributed by atoms with Gasteiger partial charge in [0.25, 0.3) is 0 Å². The molecular formula is C21H36N4O4S. The summed E-state index contributed by atoms with van der Waals surface area (Å²) in [5.74, 6) is 1.71. The van der Waals surface area contributed by atoms with E-state index in [1.807, 2.05) is 45.0 Å². The predicted octanol–water partition coefficient (Wildman–Crippen LogP) is 1.58. The maximum atomic E-state index is 12.5. The fourth-order valence-corrected chi connectivity index (χ4v) is 4.49. The highest BCUT2D eigenvalue weighted by Gasteiger charge is 2.27. The Hall–Kier alpha value is -1.84. The van der Waals surface area contributed by atoms with Crippen molar-refractivity contribution >= 4 is 16.0 Å². The van der Waals surface area contributed by atoms with Gasteiger partial charge in [0.2, 0.25) is 10.0 Å². The topological polar surface area (TPSA) is 83.5 Å². The number of rotatable bonds is 10. The van der Waals surface area contributed by atoms with Crippen molar-refractivity contribution in [1.82, 2.24) is 14.5 Å². The van der Waals surface area contributed by atoms with Gasteiger partial charge in [0.05, 0.1) is 25.6 Å². The van der Waals surface area contributed by atoms with Crippen molar-refractivity contribution in [2.75, 3.05) is 58.7 Å². The molecule has 0 aliphatic carbocycles. The number of guanidine groups is 1. The Labute approximate surface area is 181 Å². The predicted molar refractivity (Wildman–Crippen MR) is 121 cm³/mol. The van der Waals surface area contributed by atoms with E-state index in [-0.39, 0.29) is 18.5 Å². The van der Waals surface area contributed by atoms with Gasteiger partial charge in [-0.05, 0) is 44.9 Å². The van der Waals surface area contributed by atoms with Crippen LogP contribution in [0, 0.1) is 0 Å². The van der Waals surface area contributed by atoms with Crippen LogP contribution in [0.1, 0.15) is 26.3 Å². The van der Waals surface area contributed by atoms with E-state index in [9.17, 15) is 8.42 Å². The number of piperazine rings is 1. The molecule has 1 aromatic carbocycles. The number of nitrogens with one attached hydrogen (secondary N) is 1. The van der Waals surface area contributed by atoms with E-state index in [1.54, 1.807) is 11.4 Å². The van der Waals surface area contributed by atoms with Crippen molar-refractivity contribution in [3.05, 3.63) is 29.8 Å². The van der Waals surface area contributed by atoms with Gasteiger partial charge in [-0.1, -0.05) is 12.1 Å². The number of hydrogen-bond acceptors (Lipinski definition) is 5. The first-order chi connectivity index (χ1) is 14.4. The molecule has 0 unspecified atom stereocenters. The van der Waals surface area contributed by atoms with Crippen LogP contribution in [-0.4, -0.2) is 88.4 Å². The summed E-state index contributed by atoms with van der Waals surface area (Å²) in [5.41, 5.74) is 1.20. The number of hydrogen-bond donors (Lipinski definition) is 1. The zero-order valence-electron chi connectivity index (χ0n) is 18.6. The molecular weight excluding hydrogens is 404 g/mol. The highest BCUT2D eigenvalue weighted by atomic mass is 32.2. The molecule has 9 heteroatoms. The molecule has 0 saturated carbocycles. The lowest BCUT2D eigenvalue weighted by Gasteiger charge is -2.36. The Balaban J connectivity index is 1.87.